The third kappa shape index (κ3) is 2.55. The van der Waals surface area contributed by atoms with Gasteiger partial charge in [-0.3, -0.25) is 0 Å². The summed E-state index contributed by atoms with van der Waals surface area (Å²) in [4.78, 5) is -1.85. The van der Waals surface area contributed by atoms with Crippen molar-refractivity contribution in [1.82, 2.24) is 15.2 Å². The van der Waals surface area contributed by atoms with Gasteiger partial charge in [-0.25, -0.2) is 0 Å². The number of rotatable bonds is 5. The maximum atomic E-state index is 13.3. The molecule has 0 aliphatic heterocycles. The summed E-state index contributed by atoms with van der Waals surface area (Å²) >= 11 is 0. The van der Waals surface area contributed by atoms with Crippen molar-refractivity contribution in [2.75, 3.05) is 0 Å². The van der Waals surface area contributed by atoms with E-state index in [2.05, 4.69) is 0 Å². The fourth-order valence-electron chi connectivity index (χ4n) is 1.36. The normalized spacial score (nSPS) is 15.5. The second-order valence-corrected chi connectivity index (χ2v) is 4.46. The Labute approximate surface area is 130 Å². The first-order valence-corrected chi connectivity index (χ1v) is 5.41. The van der Waals surface area contributed by atoms with Crippen molar-refractivity contribution in [3.8, 4) is 0 Å². The van der Waals surface area contributed by atoms with Crippen LogP contribution in [0.5, 0.6) is 0 Å². The fraction of sp³-hybridized carbons (Fsp3) is 0.750. The molecule has 1 aromatic rings. The van der Waals surface area contributed by atoms with Gasteiger partial charge in [0, 0.05) is 0 Å². The quantitative estimate of drug-likeness (QED) is 0.660. The van der Waals surface area contributed by atoms with Crippen LogP contribution in [0, 0.1) is 5.95 Å². The zero-order valence-electron chi connectivity index (χ0n) is 11.0. The summed E-state index contributed by atoms with van der Waals surface area (Å²) in [5.41, 5.74) is -3.35. The van der Waals surface area contributed by atoms with Crippen LogP contribution in [0.4, 0.5) is 65.9 Å². The van der Waals surface area contributed by atoms with Crippen LogP contribution in [0.2, 0.25) is 0 Å². The van der Waals surface area contributed by atoms with Crippen LogP contribution < -0.4 is 0 Å². The van der Waals surface area contributed by atoms with Gasteiger partial charge in [-0.05, 0) is 10.1 Å². The molecule has 3 nitrogen and oxygen atoms in total. The lowest BCUT2D eigenvalue weighted by Crippen LogP contribution is -2.69. The second-order valence-electron chi connectivity index (χ2n) is 4.46. The Morgan fingerprint density at radius 2 is 1.00 bits per heavy atom. The van der Waals surface area contributed by atoms with Crippen molar-refractivity contribution in [2.24, 2.45) is 0 Å². The number of halogens is 15. The van der Waals surface area contributed by atoms with Crippen molar-refractivity contribution < 1.29 is 65.9 Å². The SMILES string of the molecule is Fc1c(C(F)(F)C(F)(F)C(F)(F)C(F)(F)C(F)(F)C(F)(F)F)nnn1F. The minimum atomic E-state index is -8.15. The summed E-state index contributed by atoms with van der Waals surface area (Å²) in [7, 11) is 0. The zero-order chi connectivity index (χ0) is 21.1. The average molecular weight is 423 g/mol. The number of aromatic nitrogens is 3. The molecule has 152 valence electrons. The Morgan fingerprint density at radius 1 is 0.615 bits per heavy atom. The standard InChI is InChI=1S/C8F15N3/c9-2-1(24-25-26(2)23)3(10,11)4(12,13)5(14,15)6(16,17)7(18,19)8(20,21)22. The van der Waals surface area contributed by atoms with Gasteiger partial charge >= 0.3 is 35.8 Å². The summed E-state index contributed by atoms with van der Waals surface area (Å²) in [5, 5.41) is 3.28. The lowest BCUT2D eigenvalue weighted by molar-refractivity contribution is -0.442. The molecule has 0 spiro atoms. The molecule has 18 heteroatoms. The molecule has 0 bridgehead atoms. The minimum Gasteiger partial charge on any atom is -0.192 e. The van der Waals surface area contributed by atoms with Crippen LogP contribution in [-0.2, 0) is 5.92 Å². The predicted octanol–water partition coefficient (Wildman–Crippen LogP) is 4.35. The summed E-state index contributed by atoms with van der Waals surface area (Å²) < 4.78 is 191. The molecule has 0 N–H and O–H groups in total. The van der Waals surface area contributed by atoms with E-state index in [0.29, 0.717) is 0 Å². The van der Waals surface area contributed by atoms with Gasteiger partial charge in [0.15, 0.2) is 5.69 Å². The van der Waals surface area contributed by atoms with Crippen LogP contribution in [0.3, 0.4) is 0 Å². The van der Waals surface area contributed by atoms with E-state index in [1.807, 2.05) is 0 Å². The third-order valence-corrected chi connectivity index (χ3v) is 2.81. The molecule has 0 saturated carbocycles. The molecule has 1 rings (SSSR count). The molecule has 0 aliphatic carbocycles. The molecule has 0 aliphatic rings. The van der Waals surface area contributed by atoms with E-state index in [4.69, 9.17) is 0 Å². The summed E-state index contributed by atoms with van der Waals surface area (Å²) in [6.07, 6.45) is -7.57. The number of nitrogens with zero attached hydrogens (tertiary/aromatic N) is 3. The van der Waals surface area contributed by atoms with Gasteiger partial charge in [-0.15, -0.1) is 5.10 Å². The van der Waals surface area contributed by atoms with Crippen molar-refractivity contribution in [3.05, 3.63) is 11.6 Å². The molecule has 0 saturated heterocycles. The van der Waals surface area contributed by atoms with Crippen molar-refractivity contribution in [2.45, 2.75) is 35.8 Å². The summed E-state index contributed by atoms with van der Waals surface area (Å²) in [5.74, 6) is -42.2. The number of hydrogen-bond acceptors (Lipinski definition) is 2. The summed E-state index contributed by atoms with van der Waals surface area (Å²) in [6.45, 7) is 0. The molecule has 1 heterocycles. The molecule has 0 fully saturated rings. The van der Waals surface area contributed by atoms with Crippen LogP contribution in [0.1, 0.15) is 5.69 Å². The van der Waals surface area contributed by atoms with Crippen molar-refractivity contribution >= 4 is 0 Å². The highest BCUT2D eigenvalue weighted by molar-refractivity contribution is 5.17. The highest BCUT2D eigenvalue weighted by atomic mass is 19.4. The lowest BCUT2D eigenvalue weighted by Gasteiger charge is -2.39. The average Bonchev–Trinajstić information content (AvgIpc) is 2.77. The van der Waals surface area contributed by atoms with Crippen LogP contribution in [0.25, 0.3) is 0 Å². The number of hydrogen-bond donors (Lipinski definition) is 0. The van der Waals surface area contributed by atoms with E-state index in [-0.39, 0.29) is 0 Å². The third-order valence-electron chi connectivity index (χ3n) is 2.81. The maximum Gasteiger partial charge on any atom is 0.460 e. The van der Waals surface area contributed by atoms with Gasteiger partial charge in [-0.2, -0.15) is 61.5 Å². The molecule has 0 unspecified atom stereocenters. The van der Waals surface area contributed by atoms with Gasteiger partial charge in [0.25, 0.3) is 5.95 Å². The minimum absolute atomic E-state index is 1.60. The Balaban J connectivity index is 3.60. The molecule has 0 radical (unpaired) electrons. The van der Waals surface area contributed by atoms with Gasteiger partial charge in [0.1, 0.15) is 0 Å². The predicted molar refractivity (Wildman–Crippen MR) is 46.2 cm³/mol. The van der Waals surface area contributed by atoms with E-state index in [1.165, 1.54) is 0 Å². The Bertz CT molecular complexity index is 671. The fourth-order valence-corrected chi connectivity index (χ4v) is 1.36. The second kappa shape index (κ2) is 5.54. The first-order chi connectivity index (χ1) is 11.2. The molecule has 1 aromatic heterocycles. The van der Waals surface area contributed by atoms with E-state index in [0.717, 1.165) is 0 Å². The summed E-state index contributed by atoms with van der Waals surface area (Å²) in [6, 6.07) is 0. The van der Waals surface area contributed by atoms with Gasteiger partial charge in [0.05, 0.1) is 0 Å². The monoisotopic (exact) mass is 423 g/mol. The Hall–Kier alpha value is -1.91. The maximum absolute atomic E-state index is 13.3. The van der Waals surface area contributed by atoms with Gasteiger partial charge in [0.2, 0.25) is 0 Å². The van der Waals surface area contributed by atoms with Crippen LogP contribution >= 0.6 is 0 Å². The highest BCUT2D eigenvalue weighted by Crippen LogP contribution is 2.61. The number of alkyl halides is 13. The van der Waals surface area contributed by atoms with Crippen LogP contribution in [0.15, 0.2) is 0 Å². The van der Waals surface area contributed by atoms with E-state index in [1.54, 1.807) is 10.3 Å². The molecular weight excluding hydrogens is 423 g/mol. The first-order valence-electron chi connectivity index (χ1n) is 5.41. The largest absolute Gasteiger partial charge is 0.460 e. The van der Waals surface area contributed by atoms with Gasteiger partial charge < -0.3 is 0 Å². The van der Waals surface area contributed by atoms with Crippen LogP contribution in [-0.4, -0.2) is 45.1 Å². The Morgan fingerprint density at radius 3 is 1.31 bits per heavy atom. The lowest BCUT2D eigenvalue weighted by atomic mass is 9.93. The molecular formula is C8F15N3. The molecule has 26 heavy (non-hydrogen) atoms. The van der Waals surface area contributed by atoms with E-state index in [9.17, 15) is 65.9 Å². The smallest absolute Gasteiger partial charge is 0.192 e. The zero-order valence-corrected chi connectivity index (χ0v) is 11.0. The topological polar surface area (TPSA) is 30.7 Å². The van der Waals surface area contributed by atoms with Crippen molar-refractivity contribution in [1.29, 1.82) is 0 Å². The van der Waals surface area contributed by atoms with E-state index >= 15 is 0 Å². The first kappa shape index (κ1) is 22.1. The molecule has 0 aromatic carbocycles. The highest BCUT2D eigenvalue weighted by Gasteiger charge is 2.91. The van der Waals surface area contributed by atoms with Crippen molar-refractivity contribution in [3.63, 3.8) is 0 Å². The van der Waals surface area contributed by atoms with Gasteiger partial charge in [-0.1, -0.05) is 4.48 Å². The molecule has 0 atom stereocenters. The molecule has 0 amide bonds. The Kier molecular flexibility index (Phi) is 4.72. The van der Waals surface area contributed by atoms with E-state index < -0.39 is 52.3 Å².